The number of rotatable bonds is 10. The monoisotopic (exact) mass is 492 g/mol. The molecule has 1 aliphatic rings. The largest absolute Gasteiger partial charge is 0.492 e. The van der Waals surface area contributed by atoms with Gasteiger partial charge in [0, 0.05) is 42.1 Å². The van der Waals surface area contributed by atoms with Crippen molar-refractivity contribution in [2.75, 3.05) is 24.7 Å². The Labute approximate surface area is 210 Å². The Morgan fingerprint density at radius 2 is 1.94 bits per heavy atom. The Kier molecular flexibility index (Phi) is 8.84. The molecular formula is C27H32N4O3S. The predicted octanol–water partition coefficient (Wildman–Crippen LogP) is 5.10. The first-order valence-electron chi connectivity index (χ1n) is 12.1. The Morgan fingerprint density at radius 1 is 1.11 bits per heavy atom. The topological polar surface area (TPSA) is 76.5 Å². The maximum Gasteiger partial charge on any atom is 0.256 e. The van der Waals surface area contributed by atoms with Gasteiger partial charge in [0.2, 0.25) is 5.91 Å². The molecule has 2 amide bonds. The molecule has 1 fully saturated rings. The first-order valence-corrected chi connectivity index (χ1v) is 13.1. The highest BCUT2D eigenvalue weighted by atomic mass is 32.2. The number of thioether (sulfide) groups is 1. The number of carbonyl (C=O) groups excluding carboxylic acids is 2. The molecule has 0 atom stereocenters. The minimum Gasteiger partial charge on any atom is -0.492 e. The van der Waals surface area contributed by atoms with Gasteiger partial charge in [-0.2, -0.15) is 5.10 Å². The predicted molar refractivity (Wildman–Crippen MR) is 139 cm³/mol. The van der Waals surface area contributed by atoms with Gasteiger partial charge >= 0.3 is 0 Å². The van der Waals surface area contributed by atoms with E-state index < -0.39 is 0 Å². The van der Waals surface area contributed by atoms with Crippen LogP contribution >= 0.6 is 11.8 Å². The van der Waals surface area contributed by atoms with Crippen LogP contribution in [-0.2, 0) is 11.3 Å². The van der Waals surface area contributed by atoms with Crippen molar-refractivity contribution in [1.82, 2.24) is 14.7 Å². The summed E-state index contributed by atoms with van der Waals surface area (Å²) in [5.41, 5.74) is 1.20. The Balaban J connectivity index is 1.33. The second kappa shape index (κ2) is 12.4. The second-order valence-corrected chi connectivity index (χ2v) is 9.70. The zero-order chi connectivity index (χ0) is 24.5. The third-order valence-electron chi connectivity index (χ3n) is 6.24. The van der Waals surface area contributed by atoms with E-state index in [1.54, 1.807) is 23.0 Å². The fourth-order valence-corrected chi connectivity index (χ4v) is 5.22. The minimum atomic E-state index is -0.213. The molecule has 1 heterocycles. The van der Waals surface area contributed by atoms with E-state index in [1.165, 1.54) is 31.0 Å². The lowest BCUT2D eigenvalue weighted by Gasteiger charge is -2.31. The molecule has 8 heteroatoms. The molecule has 0 aliphatic heterocycles. The van der Waals surface area contributed by atoms with Gasteiger partial charge in [0.1, 0.15) is 12.4 Å². The number of anilines is 1. The smallest absolute Gasteiger partial charge is 0.256 e. The molecule has 4 rings (SSSR count). The van der Waals surface area contributed by atoms with E-state index in [9.17, 15) is 9.59 Å². The summed E-state index contributed by atoms with van der Waals surface area (Å²) >= 11 is 1.41. The van der Waals surface area contributed by atoms with Crippen LogP contribution in [0.4, 0.5) is 5.69 Å². The van der Waals surface area contributed by atoms with Crippen molar-refractivity contribution < 1.29 is 14.3 Å². The molecule has 1 saturated carbocycles. The maximum absolute atomic E-state index is 13.1. The normalized spacial score (nSPS) is 13.9. The van der Waals surface area contributed by atoms with Crippen LogP contribution in [0.3, 0.4) is 0 Å². The molecule has 7 nitrogen and oxygen atoms in total. The number of nitrogens with zero attached hydrogens (tertiary/aromatic N) is 3. The summed E-state index contributed by atoms with van der Waals surface area (Å²) in [6.07, 6.45) is 9.42. The fourth-order valence-electron chi connectivity index (χ4n) is 4.25. The van der Waals surface area contributed by atoms with Crippen molar-refractivity contribution in [2.24, 2.45) is 0 Å². The molecule has 1 aliphatic carbocycles. The maximum atomic E-state index is 13.1. The summed E-state index contributed by atoms with van der Waals surface area (Å²) in [5, 5.41) is 7.12. The number of carbonyl (C=O) groups is 2. The van der Waals surface area contributed by atoms with E-state index in [0.29, 0.717) is 41.9 Å². The Morgan fingerprint density at radius 3 is 2.74 bits per heavy atom. The lowest BCUT2D eigenvalue weighted by molar-refractivity contribution is -0.129. The number of hydrogen-bond acceptors (Lipinski definition) is 5. The molecule has 2 aromatic carbocycles. The lowest BCUT2D eigenvalue weighted by atomic mass is 9.94. The number of ether oxygens (including phenoxy) is 1. The summed E-state index contributed by atoms with van der Waals surface area (Å²) in [6, 6.07) is 17.0. The molecule has 0 spiro atoms. The summed E-state index contributed by atoms with van der Waals surface area (Å²) in [6.45, 7) is 1.12. The van der Waals surface area contributed by atoms with E-state index >= 15 is 0 Å². The summed E-state index contributed by atoms with van der Waals surface area (Å²) in [4.78, 5) is 28.5. The molecule has 0 unspecified atom stereocenters. The molecule has 3 aromatic rings. The molecular weight excluding hydrogens is 460 g/mol. The van der Waals surface area contributed by atoms with Gasteiger partial charge in [0.05, 0.1) is 17.9 Å². The number of hydrogen-bond donors (Lipinski definition) is 1. The van der Waals surface area contributed by atoms with Gasteiger partial charge in [-0.15, -0.1) is 11.8 Å². The van der Waals surface area contributed by atoms with Crippen LogP contribution in [-0.4, -0.2) is 51.9 Å². The number of amides is 2. The highest BCUT2D eigenvalue weighted by molar-refractivity contribution is 8.00. The molecule has 0 saturated heterocycles. The number of benzene rings is 2. The quantitative estimate of drug-likeness (QED) is 0.399. The van der Waals surface area contributed by atoms with Crippen LogP contribution in [0.25, 0.3) is 0 Å². The van der Waals surface area contributed by atoms with Gasteiger partial charge in [-0.25, -0.2) is 0 Å². The first kappa shape index (κ1) is 24.9. The second-order valence-electron chi connectivity index (χ2n) is 8.68. The zero-order valence-corrected chi connectivity index (χ0v) is 20.9. The highest BCUT2D eigenvalue weighted by Crippen LogP contribution is 2.27. The van der Waals surface area contributed by atoms with Crippen molar-refractivity contribution in [3.63, 3.8) is 0 Å². The van der Waals surface area contributed by atoms with Crippen molar-refractivity contribution >= 4 is 29.3 Å². The Hall–Kier alpha value is -3.26. The average molecular weight is 493 g/mol. The summed E-state index contributed by atoms with van der Waals surface area (Å²) in [7, 11) is 1.90. The zero-order valence-electron chi connectivity index (χ0n) is 20.1. The fraction of sp³-hybridized carbons (Fsp3) is 0.370. The minimum absolute atomic E-state index is 0.108. The SMILES string of the molecule is CN(C(=O)CSc1ccccc1C(=O)Nc1cccc(OCCn2cccn2)c1)C1CCCCC1. The van der Waals surface area contributed by atoms with Crippen LogP contribution in [0.1, 0.15) is 42.5 Å². The van der Waals surface area contributed by atoms with Crippen molar-refractivity contribution in [3.05, 3.63) is 72.6 Å². The molecule has 0 bridgehead atoms. The van der Waals surface area contributed by atoms with Crippen LogP contribution in [0.15, 0.2) is 71.9 Å². The highest BCUT2D eigenvalue weighted by Gasteiger charge is 2.22. The van der Waals surface area contributed by atoms with E-state index in [0.717, 1.165) is 17.7 Å². The van der Waals surface area contributed by atoms with Crippen LogP contribution in [0.5, 0.6) is 5.75 Å². The van der Waals surface area contributed by atoms with Gasteiger partial charge in [0.25, 0.3) is 5.91 Å². The van der Waals surface area contributed by atoms with Gasteiger partial charge in [-0.3, -0.25) is 14.3 Å². The van der Waals surface area contributed by atoms with Gasteiger partial charge in [-0.1, -0.05) is 37.5 Å². The van der Waals surface area contributed by atoms with E-state index in [2.05, 4.69) is 10.4 Å². The molecule has 0 radical (unpaired) electrons. The first-order chi connectivity index (χ1) is 17.1. The lowest BCUT2D eigenvalue weighted by Crippen LogP contribution is -2.39. The van der Waals surface area contributed by atoms with Crippen LogP contribution in [0, 0.1) is 0 Å². The van der Waals surface area contributed by atoms with Gasteiger partial charge < -0.3 is 15.0 Å². The summed E-state index contributed by atoms with van der Waals surface area (Å²) in [5.74, 6) is 0.887. The van der Waals surface area contributed by atoms with Gasteiger partial charge in [0.15, 0.2) is 0 Å². The molecule has 35 heavy (non-hydrogen) atoms. The van der Waals surface area contributed by atoms with Crippen LogP contribution in [0.2, 0.25) is 0 Å². The van der Waals surface area contributed by atoms with Crippen molar-refractivity contribution in [3.8, 4) is 5.75 Å². The molecule has 1 aromatic heterocycles. The van der Waals surface area contributed by atoms with Crippen molar-refractivity contribution in [1.29, 1.82) is 0 Å². The summed E-state index contributed by atoms with van der Waals surface area (Å²) < 4.78 is 7.61. The van der Waals surface area contributed by atoms with E-state index in [1.807, 2.05) is 60.6 Å². The average Bonchev–Trinajstić information content (AvgIpc) is 3.41. The van der Waals surface area contributed by atoms with E-state index in [4.69, 9.17) is 4.74 Å². The molecule has 184 valence electrons. The Bertz CT molecular complexity index is 1110. The standard InChI is InChI=1S/C27H32N4O3S/c1-30(22-10-3-2-4-11-22)26(32)20-35-25-14-6-5-13-24(25)27(33)29-21-9-7-12-23(19-21)34-18-17-31-16-8-15-28-31/h5-9,12-16,19,22H,2-4,10-11,17-18,20H2,1H3,(H,29,33). The van der Waals surface area contributed by atoms with E-state index in [-0.39, 0.29) is 11.8 Å². The third kappa shape index (κ3) is 7.11. The van der Waals surface area contributed by atoms with Gasteiger partial charge in [-0.05, 0) is 43.2 Å². The van der Waals surface area contributed by atoms with Crippen molar-refractivity contribution in [2.45, 2.75) is 49.6 Å². The number of aromatic nitrogens is 2. The molecule has 1 N–H and O–H groups in total. The third-order valence-corrected chi connectivity index (χ3v) is 7.30. The number of nitrogens with one attached hydrogen (secondary N) is 1. The van der Waals surface area contributed by atoms with Crippen LogP contribution < -0.4 is 10.1 Å².